The van der Waals surface area contributed by atoms with Crippen LogP contribution in [0, 0.1) is 0 Å². The van der Waals surface area contributed by atoms with Gasteiger partial charge in [-0.05, 0) is 46.6 Å². The molecule has 0 saturated heterocycles. The first kappa shape index (κ1) is 25.4. The molecule has 3 heteroatoms. The van der Waals surface area contributed by atoms with Gasteiger partial charge in [0.25, 0.3) is 0 Å². The Morgan fingerprint density at radius 1 is 0.952 bits per heavy atom. The van der Waals surface area contributed by atoms with Gasteiger partial charge in [0.15, 0.2) is 0 Å². The van der Waals surface area contributed by atoms with Gasteiger partial charge in [0.1, 0.15) is 0 Å². The maximum Gasteiger partial charge on any atom is 0.219 e. The van der Waals surface area contributed by atoms with Crippen LogP contribution in [0.25, 0.3) is 0 Å². The molecule has 0 bridgehead atoms. The maximum absolute atomic E-state index is 11.4. The summed E-state index contributed by atoms with van der Waals surface area (Å²) in [6.07, 6.45) is 4.48. The van der Waals surface area contributed by atoms with Gasteiger partial charge in [0.2, 0.25) is 5.91 Å². The van der Waals surface area contributed by atoms with Gasteiger partial charge in [-0.15, -0.1) is 0 Å². The fourth-order valence-electron chi connectivity index (χ4n) is 1.67. The van der Waals surface area contributed by atoms with Crippen LogP contribution in [0.3, 0.4) is 0 Å². The highest BCUT2D eigenvalue weighted by Crippen LogP contribution is 2.02. The fraction of sp³-hybridized carbons (Fsp3) is 0.944. The van der Waals surface area contributed by atoms with Crippen LogP contribution >= 0.6 is 0 Å². The number of hydrogen-bond donors (Lipinski definition) is 1. The molecular formula is C18H42N2O. The van der Waals surface area contributed by atoms with Crippen molar-refractivity contribution in [1.82, 2.24) is 10.2 Å². The first-order valence-electron chi connectivity index (χ1n) is 8.87. The largest absolute Gasteiger partial charge is 0.343 e. The first-order chi connectivity index (χ1) is 9.87. The molecule has 0 spiro atoms. The average Bonchev–Trinajstić information content (AvgIpc) is 2.44. The van der Waals surface area contributed by atoms with Crippen molar-refractivity contribution in [2.75, 3.05) is 19.6 Å². The summed E-state index contributed by atoms with van der Waals surface area (Å²) >= 11 is 0. The molecule has 0 rings (SSSR count). The smallest absolute Gasteiger partial charge is 0.219 e. The number of amides is 1. The van der Waals surface area contributed by atoms with Gasteiger partial charge >= 0.3 is 0 Å². The van der Waals surface area contributed by atoms with Gasteiger partial charge in [0.05, 0.1) is 0 Å². The number of unbranched alkanes of at least 4 members (excludes halogenated alkanes) is 2. The molecule has 1 N–H and O–H groups in total. The SMILES string of the molecule is CC.CC.CCCCN(CCCCNC(C)(C)C)C(C)=O. The van der Waals surface area contributed by atoms with Crippen LogP contribution in [0.5, 0.6) is 0 Å². The Bertz CT molecular complexity index is 210. The van der Waals surface area contributed by atoms with Crippen molar-refractivity contribution in [1.29, 1.82) is 0 Å². The summed E-state index contributed by atoms with van der Waals surface area (Å²) < 4.78 is 0. The van der Waals surface area contributed by atoms with E-state index in [9.17, 15) is 4.79 Å². The predicted octanol–water partition coefficient (Wildman–Crippen LogP) is 4.86. The fourth-order valence-corrected chi connectivity index (χ4v) is 1.67. The lowest BCUT2D eigenvalue weighted by molar-refractivity contribution is -0.129. The molecule has 130 valence electrons. The van der Waals surface area contributed by atoms with Gasteiger partial charge in [-0.25, -0.2) is 0 Å². The van der Waals surface area contributed by atoms with E-state index in [-0.39, 0.29) is 11.4 Å². The molecule has 0 aromatic heterocycles. The molecule has 21 heavy (non-hydrogen) atoms. The second-order valence-corrected chi connectivity index (χ2v) is 5.74. The third-order valence-corrected chi connectivity index (χ3v) is 2.74. The van der Waals surface area contributed by atoms with Gasteiger partial charge in [0, 0.05) is 25.6 Å². The highest BCUT2D eigenvalue weighted by Gasteiger charge is 2.09. The van der Waals surface area contributed by atoms with E-state index in [1.165, 1.54) is 0 Å². The molecule has 0 saturated carbocycles. The molecule has 0 aromatic carbocycles. The lowest BCUT2D eigenvalue weighted by atomic mass is 10.1. The zero-order valence-electron chi connectivity index (χ0n) is 16.3. The van der Waals surface area contributed by atoms with Gasteiger partial charge in [-0.3, -0.25) is 4.79 Å². The minimum atomic E-state index is 0.197. The van der Waals surface area contributed by atoms with Crippen molar-refractivity contribution < 1.29 is 4.79 Å². The van der Waals surface area contributed by atoms with Crippen molar-refractivity contribution in [2.24, 2.45) is 0 Å². The summed E-state index contributed by atoms with van der Waals surface area (Å²) in [5.41, 5.74) is 0.197. The molecule has 0 atom stereocenters. The molecule has 0 aliphatic rings. The summed E-state index contributed by atoms with van der Waals surface area (Å²) in [5.74, 6) is 0.210. The molecule has 0 heterocycles. The monoisotopic (exact) mass is 302 g/mol. The van der Waals surface area contributed by atoms with Gasteiger partial charge < -0.3 is 10.2 Å². The molecule has 1 amide bonds. The van der Waals surface area contributed by atoms with E-state index in [4.69, 9.17) is 0 Å². The van der Waals surface area contributed by atoms with Crippen molar-refractivity contribution >= 4 is 5.91 Å². The molecule has 3 nitrogen and oxygen atoms in total. The second-order valence-electron chi connectivity index (χ2n) is 5.74. The third kappa shape index (κ3) is 21.9. The molecule has 0 radical (unpaired) electrons. The Balaban J connectivity index is -0.000000739. The first-order valence-corrected chi connectivity index (χ1v) is 8.87. The summed E-state index contributed by atoms with van der Waals surface area (Å²) in [6.45, 7) is 21.2. The van der Waals surface area contributed by atoms with E-state index in [2.05, 4.69) is 33.0 Å². The van der Waals surface area contributed by atoms with Gasteiger partial charge in [-0.1, -0.05) is 41.0 Å². The standard InChI is InChI=1S/C14H30N2O.2C2H6/c1-6-7-11-16(13(2)17)12-9-8-10-15-14(3,4)5;2*1-2/h15H,6-12H2,1-5H3;2*1-2H3. The second kappa shape index (κ2) is 17.5. The van der Waals surface area contributed by atoms with Crippen molar-refractivity contribution in [3.05, 3.63) is 0 Å². The van der Waals surface area contributed by atoms with Gasteiger partial charge in [-0.2, -0.15) is 0 Å². The topological polar surface area (TPSA) is 32.3 Å². The Morgan fingerprint density at radius 3 is 1.81 bits per heavy atom. The number of rotatable bonds is 8. The molecule has 0 aromatic rings. The van der Waals surface area contributed by atoms with Crippen LogP contribution in [0.1, 0.15) is 88.0 Å². The molecule has 0 unspecified atom stereocenters. The zero-order valence-corrected chi connectivity index (χ0v) is 16.3. The number of hydrogen-bond acceptors (Lipinski definition) is 2. The lowest BCUT2D eigenvalue weighted by Gasteiger charge is -2.22. The quantitative estimate of drug-likeness (QED) is 0.650. The highest BCUT2D eigenvalue weighted by molar-refractivity contribution is 5.73. The lowest BCUT2D eigenvalue weighted by Crippen LogP contribution is -2.37. The van der Waals surface area contributed by atoms with Crippen LogP contribution in [0.2, 0.25) is 0 Å². The van der Waals surface area contributed by atoms with E-state index in [0.717, 1.165) is 45.3 Å². The number of nitrogens with one attached hydrogen (secondary N) is 1. The summed E-state index contributed by atoms with van der Waals surface area (Å²) in [4.78, 5) is 13.4. The Labute approximate surface area is 134 Å². The highest BCUT2D eigenvalue weighted by atomic mass is 16.2. The summed E-state index contributed by atoms with van der Waals surface area (Å²) in [6, 6.07) is 0. The normalized spacial score (nSPS) is 9.95. The van der Waals surface area contributed by atoms with Crippen LogP contribution in [-0.4, -0.2) is 36.0 Å². The molecule has 0 fully saturated rings. The molecular weight excluding hydrogens is 260 g/mol. The minimum absolute atomic E-state index is 0.197. The van der Waals surface area contributed by atoms with E-state index >= 15 is 0 Å². The van der Waals surface area contributed by atoms with E-state index < -0.39 is 0 Å². The molecule has 0 aliphatic heterocycles. The minimum Gasteiger partial charge on any atom is -0.343 e. The average molecular weight is 303 g/mol. The Morgan fingerprint density at radius 2 is 1.43 bits per heavy atom. The van der Waals surface area contributed by atoms with Crippen LogP contribution in [-0.2, 0) is 4.79 Å². The third-order valence-electron chi connectivity index (χ3n) is 2.74. The van der Waals surface area contributed by atoms with E-state index in [1.807, 2.05) is 32.6 Å². The summed E-state index contributed by atoms with van der Waals surface area (Å²) in [5, 5.41) is 3.46. The number of nitrogens with zero attached hydrogens (tertiary/aromatic N) is 1. The number of carbonyl (C=O) groups excluding carboxylic acids is 1. The maximum atomic E-state index is 11.4. The zero-order chi connectivity index (χ0) is 17.3. The molecule has 0 aliphatic carbocycles. The predicted molar refractivity (Wildman–Crippen MR) is 96.8 cm³/mol. The van der Waals surface area contributed by atoms with Crippen LogP contribution in [0.15, 0.2) is 0 Å². The Hall–Kier alpha value is -0.570. The Kier molecular flexibility index (Phi) is 21.1. The van der Waals surface area contributed by atoms with Crippen LogP contribution < -0.4 is 5.32 Å². The van der Waals surface area contributed by atoms with Crippen molar-refractivity contribution in [3.63, 3.8) is 0 Å². The summed E-state index contributed by atoms with van der Waals surface area (Å²) in [7, 11) is 0. The van der Waals surface area contributed by atoms with E-state index in [0.29, 0.717) is 0 Å². The number of carbonyl (C=O) groups is 1. The van der Waals surface area contributed by atoms with E-state index in [1.54, 1.807) is 6.92 Å². The van der Waals surface area contributed by atoms with Crippen molar-refractivity contribution in [3.8, 4) is 0 Å². The van der Waals surface area contributed by atoms with Crippen LogP contribution in [0.4, 0.5) is 0 Å². The van der Waals surface area contributed by atoms with Crippen molar-refractivity contribution in [2.45, 2.75) is 93.5 Å².